The molecule has 5 heteroatoms. The molecule has 5 nitrogen and oxygen atoms in total. The van der Waals surface area contributed by atoms with Crippen LogP contribution in [0.4, 0.5) is 0 Å². The van der Waals surface area contributed by atoms with Crippen LogP contribution < -0.4 is 16.0 Å². The third kappa shape index (κ3) is 19.4. The fourth-order valence-corrected chi connectivity index (χ4v) is 4.67. The number of carbonyl (C=O) groups excluding carboxylic acids is 1. The van der Waals surface area contributed by atoms with E-state index in [2.05, 4.69) is 71.3 Å². The molecule has 1 amide bonds. The third-order valence-electron chi connectivity index (χ3n) is 6.89. The monoisotopic (exact) mass is 469 g/mol. The topological polar surface area (TPSA) is 73.4 Å². The summed E-state index contributed by atoms with van der Waals surface area (Å²) in [6, 6.07) is 0. The average Bonchev–Trinajstić information content (AvgIpc) is 2.72. The molecule has 0 fully saturated rings. The Labute approximate surface area is 206 Å². The van der Waals surface area contributed by atoms with Gasteiger partial charge in [-0.3, -0.25) is 4.79 Å². The Morgan fingerprint density at radius 3 is 1.97 bits per heavy atom. The molecule has 3 unspecified atom stereocenters. The van der Waals surface area contributed by atoms with Crippen molar-refractivity contribution in [1.82, 2.24) is 16.0 Å². The van der Waals surface area contributed by atoms with Gasteiger partial charge in [0.1, 0.15) is 0 Å². The fraction of sp³-hybridized carbons (Fsp3) is 0.964. The number of amides is 1. The van der Waals surface area contributed by atoms with E-state index in [4.69, 9.17) is 5.11 Å². The summed E-state index contributed by atoms with van der Waals surface area (Å²) in [5, 5.41) is 19.0. The lowest BCUT2D eigenvalue weighted by molar-refractivity contribution is -0.121. The Morgan fingerprint density at radius 1 is 0.788 bits per heavy atom. The molecule has 0 radical (unpaired) electrons. The van der Waals surface area contributed by atoms with Crippen LogP contribution in [0.1, 0.15) is 120 Å². The van der Waals surface area contributed by atoms with Gasteiger partial charge in [0, 0.05) is 37.2 Å². The molecule has 0 aliphatic rings. The van der Waals surface area contributed by atoms with Gasteiger partial charge >= 0.3 is 0 Å². The zero-order chi connectivity index (χ0) is 25.3. The van der Waals surface area contributed by atoms with Crippen molar-refractivity contribution in [1.29, 1.82) is 0 Å². The van der Waals surface area contributed by atoms with Crippen molar-refractivity contribution in [2.45, 2.75) is 131 Å². The number of nitrogens with one attached hydrogen (secondary N) is 3. The molecule has 0 aromatic heterocycles. The van der Waals surface area contributed by atoms with Gasteiger partial charge in [-0.2, -0.15) is 0 Å². The van der Waals surface area contributed by atoms with E-state index in [1.807, 2.05) is 0 Å². The molecule has 0 bridgehead atoms. The summed E-state index contributed by atoms with van der Waals surface area (Å²) in [6.07, 6.45) is 11.2. The van der Waals surface area contributed by atoms with Crippen LogP contribution in [0.15, 0.2) is 0 Å². The van der Waals surface area contributed by atoms with Crippen LogP contribution in [0.3, 0.4) is 0 Å². The number of unbranched alkanes of at least 4 members (excludes halogenated alkanes) is 1. The van der Waals surface area contributed by atoms with Crippen LogP contribution >= 0.6 is 0 Å². The highest BCUT2D eigenvalue weighted by Crippen LogP contribution is 2.26. The second kappa shape index (κ2) is 17.7. The Bertz CT molecular complexity index is 494. The van der Waals surface area contributed by atoms with Gasteiger partial charge in [-0.15, -0.1) is 0 Å². The van der Waals surface area contributed by atoms with Gasteiger partial charge in [-0.25, -0.2) is 0 Å². The van der Waals surface area contributed by atoms with Gasteiger partial charge in [-0.1, -0.05) is 47.0 Å². The predicted octanol–water partition coefficient (Wildman–Crippen LogP) is 5.66. The first-order valence-corrected chi connectivity index (χ1v) is 13.8. The van der Waals surface area contributed by atoms with Gasteiger partial charge in [0.15, 0.2) is 0 Å². The predicted molar refractivity (Wildman–Crippen MR) is 144 cm³/mol. The highest BCUT2D eigenvalue weighted by atomic mass is 16.3. The molecule has 198 valence electrons. The molecule has 0 aliphatic heterocycles. The normalized spacial score (nSPS) is 15.3. The minimum atomic E-state index is -0.0888. The summed E-state index contributed by atoms with van der Waals surface area (Å²) in [5.74, 6) is 2.54. The Hall–Kier alpha value is -0.650. The van der Waals surface area contributed by atoms with Crippen LogP contribution in [-0.4, -0.2) is 48.3 Å². The van der Waals surface area contributed by atoms with E-state index in [1.165, 1.54) is 38.5 Å². The second-order valence-electron chi connectivity index (χ2n) is 12.0. The van der Waals surface area contributed by atoms with E-state index in [9.17, 15) is 4.79 Å². The molecular weight excluding hydrogens is 410 g/mol. The number of hydrogen-bond acceptors (Lipinski definition) is 4. The third-order valence-corrected chi connectivity index (χ3v) is 6.89. The summed E-state index contributed by atoms with van der Waals surface area (Å²) in [7, 11) is 0. The standard InChI is InChI=1S/C28H59N3O2/c1-9-10-12-23(2)21-25(4)22-24(3)13-15-27(5,6)31-19-18-29-26(33)14-16-28(7,8)30-17-11-20-32/h23-25,30-32H,9-22H2,1-8H3,(H,29,33). The fourth-order valence-electron chi connectivity index (χ4n) is 4.67. The molecule has 4 N–H and O–H groups in total. The lowest BCUT2D eigenvalue weighted by atomic mass is 9.84. The Morgan fingerprint density at radius 2 is 1.36 bits per heavy atom. The molecule has 0 aromatic carbocycles. The minimum Gasteiger partial charge on any atom is -0.396 e. The van der Waals surface area contributed by atoms with E-state index in [1.54, 1.807) is 0 Å². The van der Waals surface area contributed by atoms with Crippen molar-refractivity contribution in [2.24, 2.45) is 17.8 Å². The summed E-state index contributed by atoms with van der Waals surface area (Å²) < 4.78 is 0. The van der Waals surface area contributed by atoms with Crippen molar-refractivity contribution < 1.29 is 9.90 Å². The summed E-state index contributed by atoms with van der Waals surface area (Å²) in [5.41, 5.74) is 0.00372. The van der Waals surface area contributed by atoms with Crippen molar-refractivity contribution in [3.8, 4) is 0 Å². The van der Waals surface area contributed by atoms with Gasteiger partial charge in [0.2, 0.25) is 5.91 Å². The first-order chi connectivity index (χ1) is 15.4. The minimum absolute atomic E-state index is 0.0888. The number of aliphatic hydroxyl groups excluding tert-OH is 1. The molecule has 0 aromatic rings. The zero-order valence-electron chi connectivity index (χ0n) is 23.5. The van der Waals surface area contributed by atoms with Crippen molar-refractivity contribution in [3.63, 3.8) is 0 Å². The maximum Gasteiger partial charge on any atom is 0.220 e. The zero-order valence-corrected chi connectivity index (χ0v) is 23.5. The van der Waals surface area contributed by atoms with Crippen LogP contribution in [-0.2, 0) is 4.79 Å². The van der Waals surface area contributed by atoms with Crippen molar-refractivity contribution in [3.05, 3.63) is 0 Å². The van der Waals surface area contributed by atoms with E-state index in [-0.39, 0.29) is 23.6 Å². The van der Waals surface area contributed by atoms with Gasteiger partial charge in [0.05, 0.1) is 0 Å². The van der Waals surface area contributed by atoms with Crippen LogP contribution in [0.5, 0.6) is 0 Å². The van der Waals surface area contributed by atoms with Crippen LogP contribution in [0.2, 0.25) is 0 Å². The molecule has 0 rings (SSSR count). The Kier molecular flexibility index (Phi) is 17.4. The molecule has 3 atom stereocenters. The first-order valence-electron chi connectivity index (χ1n) is 13.8. The molecule has 0 heterocycles. The van der Waals surface area contributed by atoms with Crippen LogP contribution in [0, 0.1) is 17.8 Å². The SMILES string of the molecule is CCCCC(C)CC(C)CC(C)CCC(C)(C)NCCNC(=O)CCC(C)(C)NCCCO. The summed E-state index contributed by atoms with van der Waals surface area (Å²) in [4.78, 5) is 12.2. The van der Waals surface area contributed by atoms with E-state index in [0.717, 1.165) is 50.1 Å². The number of hydrogen-bond donors (Lipinski definition) is 4. The maximum absolute atomic E-state index is 12.2. The number of aliphatic hydroxyl groups is 1. The smallest absolute Gasteiger partial charge is 0.220 e. The summed E-state index contributed by atoms with van der Waals surface area (Å²) in [6.45, 7) is 20.7. The lowest BCUT2D eigenvalue weighted by Gasteiger charge is -2.29. The van der Waals surface area contributed by atoms with Gasteiger partial charge < -0.3 is 21.1 Å². The summed E-state index contributed by atoms with van der Waals surface area (Å²) >= 11 is 0. The number of rotatable bonds is 21. The Balaban J connectivity index is 4.01. The number of carbonyl (C=O) groups is 1. The second-order valence-corrected chi connectivity index (χ2v) is 12.0. The molecular formula is C28H59N3O2. The molecule has 0 spiro atoms. The highest BCUT2D eigenvalue weighted by Gasteiger charge is 2.20. The van der Waals surface area contributed by atoms with E-state index < -0.39 is 0 Å². The van der Waals surface area contributed by atoms with Crippen molar-refractivity contribution in [2.75, 3.05) is 26.2 Å². The molecule has 0 saturated carbocycles. The van der Waals surface area contributed by atoms with Gasteiger partial charge in [0.25, 0.3) is 0 Å². The highest BCUT2D eigenvalue weighted by molar-refractivity contribution is 5.75. The molecule has 33 heavy (non-hydrogen) atoms. The largest absolute Gasteiger partial charge is 0.396 e. The maximum atomic E-state index is 12.2. The lowest BCUT2D eigenvalue weighted by Crippen LogP contribution is -2.44. The van der Waals surface area contributed by atoms with E-state index in [0.29, 0.717) is 13.0 Å². The van der Waals surface area contributed by atoms with E-state index >= 15 is 0 Å². The quantitative estimate of drug-likeness (QED) is 0.164. The van der Waals surface area contributed by atoms with Gasteiger partial charge in [-0.05, 0) is 90.5 Å². The molecule has 0 aliphatic carbocycles. The first kappa shape index (κ1) is 32.4. The average molecular weight is 470 g/mol. The molecule has 0 saturated heterocycles. The van der Waals surface area contributed by atoms with Crippen molar-refractivity contribution >= 4 is 5.91 Å². The van der Waals surface area contributed by atoms with Crippen LogP contribution in [0.25, 0.3) is 0 Å².